The van der Waals surface area contributed by atoms with Crippen LogP contribution < -0.4 is 10.5 Å². The molecule has 0 aromatic heterocycles. The van der Waals surface area contributed by atoms with Gasteiger partial charge < -0.3 is 15.4 Å². The molecule has 4 nitrogen and oxygen atoms in total. The zero-order valence-electron chi connectivity index (χ0n) is 11.3. The molecular formula is C15H20N2O2. The van der Waals surface area contributed by atoms with Gasteiger partial charge in [0.25, 0.3) is 0 Å². The second-order valence-corrected chi connectivity index (χ2v) is 4.83. The van der Waals surface area contributed by atoms with Crippen molar-refractivity contribution < 1.29 is 9.53 Å². The summed E-state index contributed by atoms with van der Waals surface area (Å²) in [7, 11) is 0. The lowest BCUT2D eigenvalue weighted by atomic mass is 10.1. The average molecular weight is 260 g/mol. The summed E-state index contributed by atoms with van der Waals surface area (Å²) in [6.45, 7) is 4.01. The normalized spacial score (nSPS) is 15.0. The fraction of sp³-hybridized carbons (Fsp3) is 0.400. The second kappa shape index (κ2) is 6.27. The van der Waals surface area contributed by atoms with E-state index < -0.39 is 0 Å². The van der Waals surface area contributed by atoms with Gasteiger partial charge in [0.1, 0.15) is 5.75 Å². The van der Waals surface area contributed by atoms with E-state index >= 15 is 0 Å². The number of rotatable bonds is 4. The zero-order chi connectivity index (χ0) is 13.7. The molecule has 0 unspecified atom stereocenters. The molecular weight excluding hydrogens is 240 g/mol. The van der Waals surface area contributed by atoms with Crippen LogP contribution in [0.5, 0.6) is 5.75 Å². The minimum Gasteiger partial charge on any atom is -0.493 e. The minimum atomic E-state index is 0.149. The van der Waals surface area contributed by atoms with Gasteiger partial charge in [-0.3, -0.25) is 4.79 Å². The largest absolute Gasteiger partial charge is 0.493 e. The van der Waals surface area contributed by atoms with Crippen LogP contribution in [-0.2, 0) is 4.79 Å². The first-order valence-electron chi connectivity index (χ1n) is 6.57. The number of carbonyl (C=O) groups excluding carboxylic acids is 1. The molecule has 2 N–H and O–H groups in total. The van der Waals surface area contributed by atoms with Crippen LogP contribution in [0.4, 0.5) is 5.69 Å². The van der Waals surface area contributed by atoms with Crippen LogP contribution in [0.25, 0.3) is 0 Å². The molecule has 1 aromatic rings. The lowest BCUT2D eigenvalue weighted by Gasteiger charge is -2.26. The van der Waals surface area contributed by atoms with E-state index in [0.29, 0.717) is 24.5 Å². The molecule has 1 aliphatic heterocycles. The van der Waals surface area contributed by atoms with E-state index in [0.717, 1.165) is 19.5 Å². The van der Waals surface area contributed by atoms with Crippen LogP contribution >= 0.6 is 0 Å². The van der Waals surface area contributed by atoms with Crippen LogP contribution in [0.15, 0.2) is 35.9 Å². The second-order valence-electron chi connectivity index (χ2n) is 4.83. The number of ether oxygens (including phenoxy) is 1. The molecule has 1 aromatic carbocycles. The first-order chi connectivity index (χ1) is 9.15. The van der Waals surface area contributed by atoms with Crippen LogP contribution in [0.1, 0.15) is 19.8 Å². The minimum absolute atomic E-state index is 0.149. The highest BCUT2D eigenvalue weighted by Crippen LogP contribution is 2.15. The van der Waals surface area contributed by atoms with Crippen LogP contribution in [0.3, 0.4) is 0 Å². The molecule has 0 spiro atoms. The summed E-state index contributed by atoms with van der Waals surface area (Å²) in [5.74, 6) is 0.860. The Hall–Kier alpha value is -1.97. The van der Waals surface area contributed by atoms with Gasteiger partial charge >= 0.3 is 0 Å². The molecule has 0 saturated carbocycles. The van der Waals surface area contributed by atoms with Crippen LogP contribution in [0.2, 0.25) is 0 Å². The molecule has 0 atom stereocenters. The first kappa shape index (κ1) is 13.5. The summed E-state index contributed by atoms with van der Waals surface area (Å²) in [6, 6.07) is 7.25. The van der Waals surface area contributed by atoms with Gasteiger partial charge in [0.15, 0.2) is 0 Å². The first-order valence-corrected chi connectivity index (χ1v) is 6.57. The molecule has 0 radical (unpaired) electrons. The van der Waals surface area contributed by atoms with Crippen molar-refractivity contribution in [1.29, 1.82) is 0 Å². The van der Waals surface area contributed by atoms with E-state index in [1.54, 1.807) is 12.1 Å². The quantitative estimate of drug-likeness (QED) is 0.667. The lowest BCUT2D eigenvalue weighted by molar-refractivity contribution is -0.131. The number of hydrogen-bond donors (Lipinski definition) is 1. The van der Waals surface area contributed by atoms with E-state index in [1.165, 1.54) is 5.57 Å². The van der Waals surface area contributed by atoms with Crippen molar-refractivity contribution in [3.8, 4) is 5.75 Å². The average Bonchev–Trinajstić information content (AvgIpc) is 2.38. The Morgan fingerprint density at radius 1 is 1.47 bits per heavy atom. The molecule has 0 bridgehead atoms. The number of anilines is 1. The highest BCUT2D eigenvalue weighted by molar-refractivity contribution is 5.76. The van der Waals surface area contributed by atoms with Gasteiger partial charge in [-0.2, -0.15) is 0 Å². The summed E-state index contributed by atoms with van der Waals surface area (Å²) in [5, 5.41) is 0. The van der Waals surface area contributed by atoms with Crippen molar-refractivity contribution >= 4 is 11.6 Å². The third-order valence-electron chi connectivity index (χ3n) is 3.13. The molecule has 102 valence electrons. The molecule has 1 aliphatic rings. The third kappa shape index (κ3) is 4.02. The van der Waals surface area contributed by atoms with Gasteiger partial charge in [-0.1, -0.05) is 17.7 Å². The van der Waals surface area contributed by atoms with Crippen molar-refractivity contribution in [3.05, 3.63) is 35.9 Å². The predicted octanol–water partition coefficient (Wildman–Crippen LogP) is 2.22. The van der Waals surface area contributed by atoms with Crippen LogP contribution in [0, 0.1) is 0 Å². The predicted molar refractivity (Wildman–Crippen MR) is 75.9 cm³/mol. The van der Waals surface area contributed by atoms with E-state index in [9.17, 15) is 4.79 Å². The number of nitrogens with two attached hydrogens (primary N) is 1. The Morgan fingerprint density at radius 2 is 2.32 bits per heavy atom. The highest BCUT2D eigenvalue weighted by Gasteiger charge is 2.15. The SMILES string of the molecule is CC1=CCCN(C(=O)CCOc2cccc(N)c2)C1. The molecule has 1 amide bonds. The fourth-order valence-corrected chi connectivity index (χ4v) is 2.14. The fourth-order valence-electron chi connectivity index (χ4n) is 2.14. The topological polar surface area (TPSA) is 55.6 Å². The maximum Gasteiger partial charge on any atom is 0.226 e. The lowest BCUT2D eigenvalue weighted by Crippen LogP contribution is -2.36. The molecule has 2 rings (SSSR count). The summed E-state index contributed by atoms with van der Waals surface area (Å²) < 4.78 is 5.53. The summed E-state index contributed by atoms with van der Waals surface area (Å²) in [5.41, 5.74) is 7.59. The zero-order valence-corrected chi connectivity index (χ0v) is 11.3. The van der Waals surface area contributed by atoms with Crippen molar-refractivity contribution in [3.63, 3.8) is 0 Å². The summed E-state index contributed by atoms with van der Waals surface area (Å²) in [6.07, 6.45) is 3.54. The number of nitrogen functional groups attached to an aromatic ring is 1. The summed E-state index contributed by atoms with van der Waals surface area (Å²) >= 11 is 0. The van der Waals surface area contributed by atoms with Gasteiger partial charge in [0.2, 0.25) is 5.91 Å². The van der Waals surface area contributed by atoms with Crippen LogP contribution in [-0.4, -0.2) is 30.5 Å². The molecule has 1 heterocycles. The molecule has 0 fully saturated rings. The summed E-state index contributed by atoms with van der Waals surface area (Å²) in [4.78, 5) is 13.9. The number of nitrogens with zero attached hydrogens (tertiary/aromatic N) is 1. The van der Waals surface area contributed by atoms with Gasteiger partial charge in [0, 0.05) is 24.8 Å². The Labute approximate surface area is 113 Å². The van der Waals surface area contributed by atoms with E-state index in [1.807, 2.05) is 17.0 Å². The van der Waals surface area contributed by atoms with Crippen molar-refractivity contribution in [2.45, 2.75) is 19.8 Å². The van der Waals surface area contributed by atoms with E-state index in [-0.39, 0.29) is 5.91 Å². The van der Waals surface area contributed by atoms with E-state index in [4.69, 9.17) is 10.5 Å². The molecule has 0 aliphatic carbocycles. The Balaban J connectivity index is 1.76. The number of carbonyl (C=O) groups is 1. The molecule has 4 heteroatoms. The van der Waals surface area contributed by atoms with Gasteiger partial charge in [-0.15, -0.1) is 0 Å². The Kier molecular flexibility index (Phi) is 4.44. The Morgan fingerprint density at radius 3 is 3.05 bits per heavy atom. The van der Waals surface area contributed by atoms with E-state index in [2.05, 4.69) is 13.0 Å². The highest BCUT2D eigenvalue weighted by atomic mass is 16.5. The number of hydrogen-bond acceptors (Lipinski definition) is 3. The number of amides is 1. The maximum absolute atomic E-state index is 12.0. The van der Waals surface area contributed by atoms with Gasteiger partial charge in [-0.05, 0) is 25.5 Å². The molecule has 0 saturated heterocycles. The smallest absolute Gasteiger partial charge is 0.226 e. The monoisotopic (exact) mass is 260 g/mol. The van der Waals surface area contributed by atoms with Gasteiger partial charge in [0.05, 0.1) is 13.0 Å². The molecule has 19 heavy (non-hydrogen) atoms. The van der Waals surface area contributed by atoms with Gasteiger partial charge in [-0.25, -0.2) is 0 Å². The Bertz CT molecular complexity index is 483. The van der Waals surface area contributed by atoms with Crippen molar-refractivity contribution in [1.82, 2.24) is 4.90 Å². The third-order valence-corrected chi connectivity index (χ3v) is 3.13. The number of benzene rings is 1. The van der Waals surface area contributed by atoms with Crippen molar-refractivity contribution in [2.24, 2.45) is 0 Å². The van der Waals surface area contributed by atoms with Crippen molar-refractivity contribution in [2.75, 3.05) is 25.4 Å². The standard InChI is InChI=1S/C15H20N2O2/c1-12-4-3-8-17(11-12)15(18)7-9-19-14-6-2-5-13(16)10-14/h2,4-6,10H,3,7-9,11,16H2,1H3. The maximum atomic E-state index is 12.0.